The summed E-state index contributed by atoms with van der Waals surface area (Å²) in [6.07, 6.45) is 6.91. The summed E-state index contributed by atoms with van der Waals surface area (Å²) in [5.41, 5.74) is 8.06. The second-order valence-corrected chi connectivity index (χ2v) is 10.8. The monoisotopic (exact) mass is 617 g/mol. The zero-order chi connectivity index (χ0) is 29.4. The molecule has 0 bridgehead atoms. The predicted molar refractivity (Wildman–Crippen MR) is 156 cm³/mol. The van der Waals surface area contributed by atoms with Gasteiger partial charge in [0.15, 0.2) is 5.69 Å². The molecule has 1 aliphatic heterocycles. The second-order valence-electron chi connectivity index (χ2n) is 10.0. The van der Waals surface area contributed by atoms with Crippen LogP contribution in [0.4, 0.5) is 5.82 Å². The summed E-state index contributed by atoms with van der Waals surface area (Å²) in [6, 6.07) is 4.16. The maximum Gasteiger partial charge on any atom is 0.269 e. The third-order valence-electron chi connectivity index (χ3n) is 7.20. The zero-order valence-electron chi connectivity index (χ0n) is 22.7. The zero-order valence-corrected chi connectivity index (χ0v) is 24.3. The van der Waals surface area contributed by atoms with Gasteiger partial charge in [0, 0.05) is 23.3 Å². The molecule has 3 N–H and O–H groups in total. The largest absolute Gasteiger partial charge is 0.364 e. The molecule has 13 heteroatoms. The van der Waals surface area contributed by atoms with E-state index in [1.807, 2.05) is 19.9 Å². The van der Waals surface area contributed by atoms with E-state index in [1.165, 1.54) is 15.8 Å². The Kier molecular flexibility index (Phi) is 7.63. The van der Waals surface area contributed by atoms with Gasteiger partial charge in [-0.15, -0.1) is 6.58 Å². The van der Waals surface area contributed by atoms with E-state index in [9.17, 15) is 14.4 Å². The number of carbonyl (C=O) groups excluding carboxylic acids is 3. The number of primary amides is 1. The predicted octanol–water partition coefficient (Wildman–Crippen LogP) is 3.19. The molecule has 3 amide bonds. The van der Waals surface area contributed by atoms with Crippen molar-refractivity contribution in [2.75, 3.05) is 5.32 Å². The van der Waals surface area contributed by atoms with Crippen molar-refractivity contribution in [2.24, 2.45) is 11.7 Å². The minimum atomic E-state index is -0.760. The number of amides is 3. The van der Waals surface area contributed by atoms with Crippen LogP contribution in [0.2, 0.25) is 0 Å². The molecule has 4 aromatic heterocycles. The van der Waals surface area contributed by atoms with E-state index in [-0.39, 0.29) is 36.0 Å². The molecule has 12 nitrogen and oxygen atoms in total. The van der Waals surface area contributed by atoms with Gasteiger partial charge < -0.3 is 16.0 Å². The Labute approximate surface area is 244 Å². The maximum atomic E-state index is 13.8. The number of likely N-dealkylation sites (tertiary alicyclic amines) is 1. The molecule has 1 fully saturated rings. The Balaban J connectivity index is 1.46. The van der Waals surface area contributed by atoms with E-state index in [0.717, 1.165) is 5.56 Å². The van der Waals surface area contributed by atoms with Crippen LogP contribution in [0.3, 0.4) is 0 Å². The molecule has 4 aromatic rings. The third kappa shape index (κ3) is 5.44. The first-order chi connectivity index (χ1) is 19.6. The smallest absolute Gasteiger partial charge is 0.269 e. The van der Waals surface area contributed by atoms with E-state index in [1.54, 1.807) is 37.5 Å². The topological polar surface area (TPSA) is 162 Å². The summed E-state index contributed by atoms with van der Waals surface area (Å²) in [5.74, 6) is -0.445. The highest BCUT2D eigenvalue weighted by Gasteiger charge is 2.44. The van der Waals surface area contributed by atoms with Crippen LogP contribution in [0, 0.1) is 19.8 Å². The van der Waals surface area contributed by atoms with Gasteiger partial charge in [-0.25, -0.2) is 15.0 Å². The van der Waals surface area contributed by atoms with Gasteiger partial charge in [0.05, 0.1) is 23.4 Å². The van der Waals surface area contributed by atoms with Crippen molar-refractivity contribution >= 4 is 50.4 Å². The molecule has 1 aliphatic rings. The first-order valence-corrected chi connectivity index (χ1v) is 13.7. The summed E-state index contributed by atoms with van der Waals surface area (Å²) < 4.78 is 1.97. The number of anilines is 1. The standard InChI is InChI=1S/C28H28BrN9O3/c1-5-20-15(3)8-21(28(41)35-27-14(2)6-7-23(29)34-27)38(20)24(39)13-37-22-12-33-19(17-10-31-16(4)32-11-17)9-18(22)25(36-37)26(30)40/h5-7,9-12,15,20-21H,1,8,13H2,2-4H3,(H2,30,40)(H,34,35,41)/t15-,20+,21-/m0/s1. The lowest BCUT2D eigenvalue weighted by atomic mass is 10.0. The lowest BCUT2D eigenvalue weighted by molar-refractivity contribution is -0.138. The molecule has 0 aromatic carbocycles. The first-order valence-electron chi connectivity index (χ1n) is 12.9. The van der Waals surface area contributed by atoms with Gasteiger partial charge in [-0.05, 0) is 59.8 Å². The Hall–Kier alpha value is -4.52. The molecule has 0 saturated carbocycles. The van der Waals surface area contributed by atoms with E-state index < -0.39 is 11.9 Å². The molecule has 0 unspecified atom stereocenters. The van der Waals surface area contributed by atoms with E-state index in [4.69, 9.17) is 5.73 Å². The molecule has 0 radical (unpaired) electrons. The van der Waals surface area contributed by atoms with Gasteiger partial charge in [-0.3, -0.25) is 24.0 Å². The van der Waals surface area contributed by atoms with E-state index in [0.29, 0.717) is 44.8 Å². The highest BCUT2D eigenvalue weighted by Crippen LogP contribution is 2.32. The van der Waals surface area contributed by atoms with Crippen molar-refractivity contribution in [3.63, 3.8) is 0 Å². The lowest BCUT2D eigenvalue weighted by Gasteiger charge is -2.29. The van der Waals surface area contributed by atoms with Gasteiger partial charge in [-0.2, -0.15) is 5.10 Å². The first kappa shape index (κ1) is 28.0. The van der Waals surface area contributed by atoms with Gasteiger partial charge in [-0.1, -0.05) is 19.1 Å². The minimum absolute atomic E-state index is 0.00466. The number of nitrogens with one attached hydrogen (secondary N) is 1. The van der Waals surface area contributed by atoms with Crippen LogP contribution in [-0.2, 0) is 16.1 Å². The molecule has 5 heterocycles. The number of hydrogen-bond acceptors (Lipinski definition) is 8. The number of nitrogens with zero attached hydrogens (tertiary/aromatic N) is 7. The fourth-order valence-electron chi connectivity index (χ4n) is 5.10. The quantitative estimate of drug-likeness (QED) is 0.236. The van der Waals surface area contributed by atoms with Crippen LogP contribution in [0.15, 0.2) is 54.0 Å². The Morgan fingerprint density at radius 3 is 2.59 bits per heavy atom. The summed E-state index contributed by atoms with van der Waals surface area (Å²) in [6.45, 7) is 9.25. The molecule has 3 atom stereocenters. The molecular weight excluding hydrogens is 590 g/mol. The van der Waals surface area contributed by atoms with Crippen molar-refractivity contribution in [1.82, 2.24) is 34.6 Å². The highest BCUT2D eigenvalue weighted by molar-refractivity contribution is 9.10. The average molecular weight is 618 g/mol. The number of nitrogens with two attached hydrogens (primary N) is 1. The fraction of sp³-hybridized carbons (Fsp3) is 0.286. The third-order valence-corrected chi connectivity index (χ3v) is 7.65. The van der Waals surface area contributed by atoms with Gasteiger partial charge in [0.2, 0.25) is 11.8 Å². The summed E-state index contributed by atoms with van der Waals surface area (Å²) in [7, 11) is 0. The molecule has 5 rings (SSSR count). The van der Waals surface area contributed by atoms with Gasteiger partial charge in [0.1, 0.15) is 28.8 Å². The number of halogens is 1. The van der Waals surface area contributed by atoms with Gasteiger partial charge >= 0.3 is 0 Å². The normalized spacial score (nSPS) is 18.4. The summed E-state index contributed by atoms with van der Waals surface area (Å²) >= 11 is 3.33. The lowest BCUT2D eigenvalue weighted by Crippen LogP contribution is -2.48. The van der Waals surface area contributed by atoms with Gasteiger partial charge in [0.25, 0.3) is 5.91 Å². The number of aryl methyl sites for hydroxylation is 2. The Bertz CT molecular complexity index is 1690. The van der Waals surface area contributed by atoms with Crippen LogP contribution in [0.5, 0.6) is 0 Å². The highest BCUT2D eigenvalue weighted by atomic mass is 79.9. The number of carbonyl (C=O) groups is 3. The molecule has 41 heavy (non-hydrogen) atoms. The SMILES string of the molecule is C=C[C@@H]1[C@@H](C)C[C@@H](C(=O)Nc2nc(Br)ccc2C)N1C(=O)Cn1nc(C(N)=O)c2cc(-c3cnc(C)nc3)ncc21. The summed E-state index contributed by atoms with van der Waals surface area (Å²) in [5, 5.41) is 7.67. The van der Waals surface area contributed by atoms with Crippen molar-refractivity contribution in [2.45, 2.75) is 45.8 Å². The Morgan fingerprint density at radius 2 is 1.90 bits per heavy atom. The molecule has 0 spiro atoms. The van der Waals surface area contributed by atoms with E-state index in [2.05, 4.69) is 52.9 Å². The number of aromatic nitrogens is 6. The van der Waals surface area contributed by atoms with Crippen LogP contribution in [-0.4, -0.2) is 64.4 Å². The number of rotatable bonds is 7. The molecular formula is C28H28BrN9O3. The van der Waals surface area contributed by atoms with Crippen LogP contribution < -0.4 is 11.1 Å². The number of fused-ring (bicyclic) bond motifs is 1. The van der Waals surface area contributed by atoms with E-state index >= 15 is 0 Å². The minimum Gasteiger partial charge on any atom is -0.364 e. The van der Waals surface area contributed by atoms with Crippen LogP contribution in [0.1, 0.15) is 35.2 Å². The summed E-state index contributed by atoms with van der Waals surface area (Å²) in [4.78, 5) is 58.3. The second kappa shape index (κ2) is 11.2. The van der Waals surface area contributed by atoms with Crippen molar-refractivity contribution in [1.29, 1.82) is 0 Å². The van der Waals surface area contributed by atoms with Crippen molar-refractivity contribution < 1.29 is 14.4 Å². The van der Waals surface area contributed by atoms with Crippen molar-refractivity contribution in [3.05, 3.63) is 71.1 Å². The van der Waals surface area contributed by atoms with Crippen LogP contribution >= 0.6 is 15.9 Å². The molecule has 0 aliphatic carbocycles. The fourth-order valence-corrected chi connectivity index (χ4v) is 5.41. The number of hydrogen-bond donors (Lipinski definition) is 2. The molecule has 1 saturated heterocycles. The van der Waals surface area contributed by atoms with Crippen LogP contribution in [0.25, 0.3) is 22.2 Å². The van der Waals surface area contributed by atoms with Crippen molar-refractivity contribution in [3.8, 4) is 11.3 Å². The number of pyridine rings is 2. The molecule has 210 valence electrons. The maximum absolute atomic E-state index is 13.8. The average Bonchev–Trinajstić information content (AvgIpc) is 3.48. The Morgan fingerprint density at radius 1 is 1.17 bits per heavy atom.